The smallest absolute Gasteiger partial charge is 0.347 e. The molecule has 2 fully saturated rings. The van der Waals surface area contributed by atoms with E-state index in [-0.39, 0.29) is 27.5 Å². The number of aromatic nitrogens is 2. The molecule has 2 aliphatic heterocycles. The molecule has 1 aromatic carbocycles. The van der Waals surface area contributed by atoms with Gasteiger partial charge in [0.2, 0.25) is 11.6 Å². The average Bonchev–Trinajstić information content (AvgIpc) is 3.18. The highest BCUT2D eigenvalue weighted by atomic mass is 16.6. The van der Waals surface area contributed by atoms with Gasteiger partial charge in [-0.25, -0.2) is 9.97 Å². The molecule has 1 aromatic heterocycles. The van der Waals surface area contributed by atoms with Crippen molar-refractivity contribution >= 4 is 23.0 Å². The first kappa shape index (κ1) is 18.3. The molecule has 7 nitrogen and oxygen atoms in total. The topological polar surface area (TPSA) is 75.4 Å². The van der Waals surface area contributed by atoms with Gasteiger partial charge in [-0.15, -0.1) is 0 Å². The minimum Gasteiger partial charge on any atom is -0.347 e. The first-order chi connectivity index (χ1) is 13.8. The van der Waals surface area contributed by atoms with E-state index in [1.165, 1.54) is 11.9 Å². The van der Waals surface area contributed by atoms with Crippen molar-refractivity contribution in [3.8, 4) is 0 Å². The molecule has 1 saturated heterocycles. The fourth-order valence-corrected chi connectivity index (χ4v) is 6.20. The summed E-state index contributed by atoms with van der Waals surface area (Å²) in [5, 5.41) is 12.2. The summed E-state index contributed by atoms with van der Waals surface area (Å²) in [6.07, 6.45) is 5.60. The van der Waals surface area contributed by atoms with Crippen LogP contribution in [0.4, 0.5) is 23.0 Å². The molecule has 3 aliphatic rings. The van der Waals surface area contributed by atoms with Crippen LogP contribution in [0.3, 0.4) is 0 Å². The van der Waals surface area contributed by atoms with Crippen molar-refractivity contribution in [2.24, 2.45) is 10.8 Å². The molecule has 2 bridgehead atoms. The van der Waals surface area contributed by atoms with Gasteiger partial charge in [0.25, 0.3) is 0 Å². The van der Waals surface area contributed by atoms with Crippen LogP contribution in [-0.2, 0) is 6.42 Å². The van der Waals surface area contributed by atoms with Gasteiger partial charge in [0, 0.05) is 24.8 Å². The molecule has 29 heavy (non-hydrogen) atoms. The Labute approximate surface area is 170 Å². The summed E-state index contributed by atoms with van der Waals surface area (Å²) in [7, 11) is 0. The summed E-state index contributed by atoms with van der Waals surface area (Å²) < 4.78 is 0. The number of nitrogens with zero attached hydrogens (tertiary/aromatic N) is 5. The van der Waals surface area contributed by atoms with Crippen LogP contribution in [0.1, 0.15) is 45.6 Å². The normalized spacial score (nSPS) is 27.2. The van der Waals surface area contributed by atoms with Gasteiger partial charge in [0.1, 0.15) is 6.33 Å². The maximum absolute atomic E-state index is 12.2. The highest BCUT2D eigenvalue weighted by Gasteiger charge is 2.51. The number of hydrogen-bond acceptors (Lipinski definition) is 6. The number of nitro groups is 1. The lowest BCUT2D eigenvalue weighted by atomic mass is 9.65. The second-order valence-corrected chi connectivity index (χ2v) is 10.00. The summed E-state index contributed by atoms with van der Waals surface area (Å²) in [6.45, 7) is 8.44. The molecule has 0 spiro atoms. The van der Waals surface area contributed by atoms with E-state index in [0.717, 1.165) is 37.9 Å². The van der Waals surface area contributed by atoms with Crippen molar-refractivity contribution in [3.63, 3.8) is 0 Å². The van der Waals surface area contributed by atoms with Crippen molar-refractivity contribution in [1.82, 2.24) is 9.97 Å². The molecule has 5 rings (SSSR count). The molecular formula is C22H27N5O2. The maximum atomic E-state index is 12.2. The monoisotopic (exact) mass is 393 g/mol. The SMILES string of the molecule is CC1(C)CC2CC(C)(CN2c2ncnc(N3CCc4ccccc43)c2[N+](=O)[O-])C1. The number of rotatable bonds is 3. The standard InChI is InChI=1S/C22H27N5O2/c1-21(2)10-16-11-22(3,12-21)13-26(16)20-18(27(28)29)19(23-14-24-20)25-9-8-15-6-4-5-7-17(15)25/h4-7,14,16H,8-13H2,1-3H3. The van der Waals surface area contributed by atoms with Gasteiger partial charge < -0.3 is 9.80 Å². The Morgan fingerprint density at radius 1 is 1.14 bits per heavy atom. The van der Waals surface area contributed by atoms with Gasteiger partial charge in [-0.05, 0) is 48.1 Å². The zero-order chi connectivity index (χ0) is 20.4. The van der Waals surface area contributed by atoms with Gasteiger partial charge >= 0.3 is 5.69 Å². The highest BCUT2D eigenvalue weighted by molar-refractivity contribution is 5.79. The first-order valence-corrected chi connectivity index (χ1v) is 10.4. The van der Waals surface area contributed by atoms with Crippen molar-refractivity contribution in [2.45, 2.75) is 52.5 Å². The van der Waals surface area contributed by atoms with Gasteiger partial charge in [-0.1, -0.05) is 39.0 Å². The van der Waals surface area contributed by atoms with Crippen LogP contribution in [0.5, 0.6) is 0 Å². The summed E-state index contributed by atoms with van der Waals surface area (Å²) in [4.78, 5) is 25.0. The summed E-state index contributed by atoms with van der Waals surface area (Å²) in [6, 6.07) is 8.36. The van der Waals surface area contributed by atoms with Gasteiger partial charge in [-0.3, -0.25) is 10.1 Å². The maximum Gasteiger partial charge on any atom is 0.354 e. The molecule has 2 atom stereocenters. The van der Waals surface area contributed by atoms with E-state index in [4.69, 9.17) is 0 Å². The van der Waals surface area contributed by atoms with Crippen LogP contribution < -0.4 is 9.80 Å². The van der Waals surface area contributed by atoms with E-state index in [1.807, 2.05) is 23.1 Å². The molecule has 152 valence electrons. The average molecular weight is 393 g/mol. The van der Waals surface area contributed by atoms with Crippen molar-refractivity contribution < 1.29 is 4.92 Å². The van der Waals surface area contributed by atoms with Gasteiger partial charge in [0.15, 0.2) is 0 Å². The van der Waals surface area contributed by atoms with E-state index in [0.29, 0.717) is 18.2 Å². The van der Waals surface area contributed by atoms with E-state index >= 15 is 0 Å². The Morgan fingerprint density at radius 2 is 1.90 bits per heavy atom. The lowest BCUT2D eigenvalue weighted by Crippen LogP contribution is -2.35. The number of anilines is 3. The molecule has 0 radical (unpaired) electrons. The van der Waals surface area contributed by atoms with Crippen molar-refractivity contribution in [2.75, 3.05) is 22.9 Å². The molecule has 1 saturated carbocycles. The van der Waals surface area contributed by atoms with Crippen LogP contribution in [0.15, 0.2) is 30.6 Å². The zero-order valence-corrected chi connectivity index (χ0v) is 17.3. The van der Waals surface area contributed by atoms with Crippen LogP contribution in [0, 0.1) is 20.9 Å². The molecule has 2 unspecified atom stereocenters. The van der Waals surface area contributed by atoms with E-state index < -0.39 is 0 Å². The van der Waals surface area contributed by atoms with Gasteiger partial charge in [0.05, 0.1) is 4.92 Å². The third-order valence-electron chi connectivity index (χ3n) is 6.80. The van der Waals surface area contributed by atoms with Crippen molar-refractivity contribution in [3.05, 3.63) is 46.3 Å². The molecular weight excluding hydrogens is 366 g/mol. The summed E-state index contributed by atoms with van der Waals surface area (Å²) >= 11 is 0. The molecule has 2 aromatic rings. The third kappa shape index (κ3) is 2.94. The Morgan fingerprint density at radius 3 is 2.69 bits per heavy atom. The van der Waals surface area contributed by atoms with Crippen LogP contribution in [-0.4, -0.2) is 34.0 Å². The zero-order valence-electron chi connectivity index (χ0n) is 17.3. The Balaban J connectivity index is 1.60. The number of fused-ring (bicyclic) bond motifs is 3. The Hall–Kier alpha value is -2.70. The summed E-state index contributed by atoms with van der Waals surface area (Å²) in [5.74, 6) is 0.895. The molecule has 0 N–H and O–H groups in total. The van der Waals surface area contributed by atoms with Gasteiger partial charge in [-0.2, -0.15) is 0 Å². The Kier molecular flexibility index (Phi) is 3.89. The molecule has 0 amide bonds. The summed E-state index contributed by atoms with van der Waals surface area (Å²) in [5.41, 5.74) is 2.66. The number of hydrogen-bond donors (Lipinski definition) is 0. The van der Waals surface area contributed by atoms with E-state index in [2.05, 4.69) is 41.7 Å². The molecule has 7 heteroatoms. The second kappa shape index (κ2) is 6.15. The fraction of sp³-hybridized carbons (Fsp3) is 0.545. The quantitative estimate of drug-likeness (QED) is 0.565. The Bertz CT molecular complexity index is 991. The van der Waals surface area contributed by atoms with Crippen molar-refractivity contribution in [1.29, 1.82) is 0 Å². The van der Waals surface area contributed by atoms with Crippen LogP contribution in [0.2, 0.25) is 0 Å². The molecule has 3 heterocycles. The van der Waals surface area contributed by atoms with E-state index in [9.17, 15) is 10.1 Å². The van der Waals surface area contributed by atoms with Crippen LogP contribution >= 0.6 is 0 Å². The van der Waals surface area contributed by atoms with E-state index in [1.54, 1.807) is 0 Å². The third-order valence-corrected chi connectivity index (χ3v) is 6.80. The predicted molar refractivity (Wildman–Crippen MR) is 113 cm³/mol. The predicted octanol–water partition coefficient (Wildman–Crippen LogP) is 4.48. The number of benzene rings is 1. The van der Waals surface area contributed by atoms with Crippen LogP contribution in [0.25, 0.3) is 0 Å². The number of para-hydroxylation sites is 1. The lowest BCUT2D eigenvalue weighted by Gasteiger charge is -2.39. The lowest BCUT2D eigenvalue weighted by molar-refractivity contribution is -0.383. The largest absolute Gasteiger partial charge is 0.354 e. The minimum atomic E-state index is -0.290. The minimum absolute atomic E-state index is 0.0400. The highest BCUT2D eigenvalue weighted by Crippen LogP contribution is 2.54. The second-order valence-electron chi connectivity index (χ2n) is 10.00. The molecule has 1 aliphatic carbocycles. The first-order valence-electron chi connectivity index (χ1n) is 10.4. The fourth-order valence-electron chi connectivity index (χ4n) is 6.20.